The molecular weight excluding hydrogens is 338 g/mol. The maximum atomic E-state index is 12.9. The van der Waals surface area contributed by atoms with E-state index >= 15 is 0 Å². The number of carbonyl (C=O) groups is 1. The van der Waals surface area contributed by atoms with Crippen molar-refractivity contribution in [2.24, 2.45) is 0 Å². The van der Waals surface area contributed by atoms with Gasteiger partial charge in [-0.2, -0.15) is 0 Å². The summed E-state index contributed by atoms with van der Waals surface area (Å²) < 4.78 is 27.2. The molecule has 2 aromatic carbocycles. The van der Waals surface area contributed by atoms with Gasteiger partial charge in [-0.05, 0) is 54.8 Å². The molecule has 0 unspecified atom stereocenters. The number of hydrogen-bond acceptors (Lipinski definition) is 3. The van der Waals surface area contributed by atoms with E-state index in [-0.39, 0.29) is 17.0 Å². The molecule has 1 aliphatic heterocycles. The molecule has 0 aliphatic carbocycles. The fourth-order valence-corrected chi connectivity index (χ4v) is 4.72. The highest BCUT2D eigenvalue weighted by atomic mass is 35.5. The van der Waals surface area contributed by atoms with E-state index in [9.17, 15) is 13.2 Å². The summed E-state index contributed by atoms with van der Waals surface area (Å²) in [4.78, 5) is 11.2. The minimum absolute atomic E-state index is 0.155. The van der Waals surface area contributed by atoms with Gasteiger partial charge in [0, 0.05) is 11.6 Å². The molecule has 5 nitrogen and oxygen atoms in total. The lowest BCUT2D eigenvalue weighted by atomic mass is 10.1. The van der Waals surface area contributed by atoms with Gasteiger partial charge in [-0.1, -0.05) is 17.7 Å². The van der Waals surface area contributed by atoms with E-state index in [1.54, 1.807) is 25.1 Å². The third kappa shape index (κ3) is 2.68. The number of carboxylic acid groups (broad SMARTS) is 1. The molecule has 0 amide bonds. The molecule has 3 rings (SSSR count). The van der Waals surface area contributed by atoms with Crippen molar-refractivity contribution in [3.8, 4) is 0 Å². The minimum atomic E-state index is -3.74. The normalized spacial score (nSPS) is 13.9. The molecule has 0 spiro atoms. The number of rotatable bonds is 3. The van der Waals surface area contributed by atoms with Crippen LogP contribution in [0.2, 0.25) is 5.02 Å². The molecule has 23 heavy (non-hydrogen) atoms. The lowest BCUT2D eigenvalue weighted by Crippen LogP contribution is -2.29. The number of benzene rings is 2. The van der Waals surface area contributed by atoms with Crippen LogP contribution in [0, 0.1) is 6.92 Å². The highest BCUT2D eigenvalue weighted by Gasteiger charge is 2.32. The summed E-state index contributed by atoms with van der Waals surface area (Å²) in [6, 6.07) is 9.24. The molecule has 0 saturated heterocycles. The molecule has 1 N–H and O–H groups in total. The zero-order chi connectivity index (χ0) is 16.8. The Balaban J connectivity index is 2.08. The lowest BCUT2D eigenvalue weighted by molar-refractivity contribution is 0.0697. The van der Waals surface area contributed by atoms with Gasteiger partial charge in [-0.3, -0.25) is 4.31 Å². The van der Waals surface area contributed by atoms with Crippen molar-refractivity contribution in [2.75, 3.05) is 10.8 Å². The number of anilines is 1. The molecule has 0 atom stereocenters. The van der Waals surface area contributed by atoms with Crippen molar-refractivity contribution in [2.45, 2.75) is 18.2 Å². The highest BCUT2D eigenvalue weighted by molar-refractivity contribution is 7.93. The molecule has 0 bridgehead atoms. The van der Waals surface area contributed by atoms with Gasteiger partial charge in [-0.15, -0.1) is 0 Å². The third-order valence-corrected chi connectivity index (χ3v) is 6.09. The molecular formula is C16H14ClNO4S. The first kappa shape index (κ1) is 15.8. The van der Waals surface area contributed by atoms with Crippen LogP contribution in [-0.4, -0.2) is 26.0 Å². The van der Waals surface area contributed by atoms with Crippen LogP contribution in [0.4, 0.5) is 5.69 Å². The van der Waals surface area contributed by atoms with Gasteiger partial charge in [0.25, 0.3) is 10.0 Å². The molecule has 2 aromatic rings. The first-order chi connectivity index (χ1) is 10.8. The average molecular weight is 352 g/mol. The zero-order valence-corrected chi connectivity index (χ0v) is 13.9. The van der Waals surface area contributed by atoms with Crippen LogP contribution in [0.5, 0.6) is 0 Å². The van der Waals surface area contributed by atoms with Crippen molar-refractivity contribution in [3.05, 3.63) is 58.1 Å². The summed E-state index contributed by atoms with van der Waals surface area (Å²) in [5.74, 6) is -1.03. The number of sulfonamides is 1. The van der Waals surface area contributed by atoms with Gasteiger partial charge in [0.1, 0.15) is 0 Å². The Kier molecular flexibility index (Phi) is 3.82. The third-order valence-electron chi connectivity index (χ3n) is 3.90. The minimum Gasteiger partial charge on any atom is -0.478 e. The Morgan fingerprint density at radius 1 is 1.22 bits per heavy atom. The van der Waals surface area contributed by atoms with Crippen molar-refractivity contribution in [3.63, 3.8) is 0 Å². The molecule has 120 valence electrons. The predicted molar refractivity (Wildman–Crippen MR) is 87.8 cm³/mol. The van der Waals surface area contributed by atoms with Gasteiger partial charge in [-0.25, -0.2) is 13.2 Å². The standard InChI is InChI=1S/C16H14ClNO4S/c1-10-2-4-13(17)9-15(10)23(21,22)18-7-6-11-8-12(16(19)20)3-5-14(11)18/h2-5,8-9H,6-7H2,1H3,(H,19,20). The number of nitrogens with zero attached hydrogens (tertiary/aromatic N) is 1. The Labute approximate surface area is 139 Å². The van der Waals surface area contributed by atoms with Crippen LogP contribution in [0.25, 0.3) is 0 Å². The van der Waals surface area contributed by atoms with E-state index in [0.717, 1.165) is 0 Å². The monoisotopic (exact) mass is 351 g/mol. The smallest absolute Gasteiger partial charge is 0.335 e. The van der Waals surface area contributed by atoms with Crippen LogP contribution >= 0.6 is 11.6 Å². The SMILES string of the molecule is Cc1ccc(Cl)cc1S(=O)(=O)N1CCc2cc(C(=O)O)ccc21. The number of aryl methyl sites for hydroxylation is 1. The van der Waals surface area contributed by atoms with Gasteiger partial charge >= 0.3 is 5.97 Å². The van der Waals surface area contributed by atoms with E-state index in [1.807, 2.05) is 0 Å². The molecule has 0 radical (unpaired) electrons. The summed E-state index contributed by atoms with van der Waals surface area (Å²) in [6.45, 7) is 2.00. The van der Waals surface area contributed by atoms with Gasteiger partial charge in [0.05, 0.1) is 16.1 Å². The van der Waals surface area contributed by atoms with E-state index in [2.05, 4.69) is 0 Å². The number of fused-ring (bicyclic) bond motifs is 1. The van der Waals surface area contributed by atoms with E-state index in [0.29, 0.717) is 28.3 Å². The molecule has 7 heteroatoms. The first-order valence-corrected chi connectivity index (χ1v) is 8.77. The van der Waals surface area contributed by atoms with E-state index in [4.69, 9.17) is 16.7 Å². The first-order valence-electron chi connectivity index (χ1n) is 6.96. The van der Waals surface area contributed by atoms with Crippen LogP contribution in [-0.2, 0) is 16.4 Å². The fourth-order valence-electron chi connectivity index (χ4n) is 2.72. The van der Waals surface area contributed by atoms with E-state index in [1.165, 1.54) is 22.5 Å². The van der Waals surface area contributed by atoms with Crippen LogP contribution in [0.15, 0.2) is 41.3 Å². The summed E-state index contributed by atoms with van der Waals surface area (Å²) in [7, 11) is -3.74. The number of aromatic carboxylic acids is 1. The molecule has 1 aliphatic rings. The van der Waals surface area contributed by atoms with Crippen LogP contribution in [0.1, 0.15) is 21.5 Å². The molecule has 0 aromatic heterocycles. The molecule has 0 fully saturated rings. The van der Waals surface area contributed by atoms with Crippen LogP contribution < -0.4 is 4.31 Å². The topological polar surface area (TPSA) is 74.7 Å². The quantitative estimate of drug-likeness (QED) is 0.922. The Morgan fingerprint density at radius 3 is 2.65 bits per heavy atom. The second kappa shape index (κ2) is 5.54. The number of carboxylic acids is 1. The van der Waals surface area contributed by atoms with Crippen molar-refractivity contribution < 1.29 is 18.3 Å². The summed E-state index contributed by atoms with van der Waals surface area (Å²) in [6.07, 6.45) is 0.481. The van der Waals surface area contributed by atoms with Crippen molar-refractivity contribution in [1.29, 1.82) is 0 Å². The van der Waals surface area contributed by atoms with Crippen molar-refractivity contribution in [1.82, 2.24) is 0 Å². The second-order valence-corrected chi connectivity index (χ2v) is 7.65. The number of hydrogen-bond donors (Lipinski definition) is 1. The van der Waals surface area contributed by atoms with Gasteiger partial charge in [0.2, 0.25) is 0 Å². The maximum Gasteiger partial charge on any atom is 0.335 e. The lowest BCUT2D eigenvalue weighted by Gasteiger charge is -2.21. The summed E-state index contributed by atoms with van der Waals surface area (Å²) in [5.41, 5.74) is 2.01. The van der Waals surface area contributed by atoms with E-state index < -0.39 is 16.0 Å². The Bertz CT molecular complexity index is 908. The summed E-state index contributed by atoms with van der Waals surface area (Å²) >= 11 is 5.94. The molecule has 0 saturated carbocycles. The second-order valence-electron chi connectivity index (χ2n) is 5.39. The maximum absolute atomic E-state index is 12.9. The summed E-state index contributed by atoms with van der Waals surface area (Å²) in [5, 5.41) is 9.40. The largest absolute Gasteiger partial charge is 0.478 e. The van der Waals surface area contributed by atoms with Crippen molar-refractivity contribution >= 4 is 33.3 Å². The Hall–Kier alpha value is -2.05. The molecule has 1 heterocycles. The van der Waals surface area contributed by atoms with Gasteiger partial charge < -0.3 is 5.11 Å². The predicted octanol–water partition coefficient (Wildman–Crippen LogP) is 3.10. The average Bonchev–Trinajstić information content (AvgIpc) is 2.93. The van der Waals surface area contributed by atoms with Gasteiger partial charge in [0.15, 0.2) is 0 Å². The zero-order valence-electron chi connectivity index (χ0n) is 12.3. The number of halogens is 1. The van der Waals surface area contributed by atoms with Crippen LogP contribution in [0.3, 0.4) is 0 Å². The fraction of sp³-hybridized carbons (Fsp3) is 0.188. The highest BCUT2D eigenvalue weighted by Crippen LogP contribution is 2.35. The Morgan fingerprint density at radius 2 is 1.96 bits per heavy atom.